The first kappa shape index (κ1) is 19.9. The van der Waals surface area contributed by atoms with Crippen LogP contribution in [0.2, 0.25) is 0 Å². The molecule has 1 unspecified atom stereocenters. The Bertz CT molecular complexity index is 778. The van der Waals surface area contributed by atoms with E-state index in [1.165, 1.54) is 12.1 Å². The molecule has 0 saturated carbocycles. The van der Waals surface area contributed by atoms with Crippen molar-refractivity contribution in [1.82, 2.24) is 15.6 Å². The van der Waals surface area contributed by atoms with Crippen LogP contribution in [0.25, 0.3) is 0 Å². The Hall–Kier alpha value is -3.42. The number of carboxylic acids is 1. The monoisotopic (exact) mass is 371 g/mol. The maximum Gasteiger partial charge on any atom is 0.322 e. The lowest BCUT2D eigenvalue weighted by Gasteiger charge is -2.18. The van der Waals surface area contributed by atoms with Gasteiger partial charge in [-0.3, -0.25) is 19.4 Å². The number of carboxylic acid groups (broad SMARTS) is 1. The number of aromatic nitrogens is 1. The van der Waals surface area contributed by atoms with Crippen LogP contribution in [0, 0.1) is 0 Å². The molecule has 8 nitrogen and oxygen atoms in total. The first-order valence-corrected chi connectivity index (χ1v) is 8.39. The van der Waals surface area contributed by atoms with Crippen LogP contribution in [-0.2, 0) is 27.2 Å². The Morgan fingerprint density at radius 2 is 1.81 bits per heavy atom. The van der Waals surface area contributed by atoms with Gasteiger partial charge in [0.2, 0.25) is 11.8 Å². The van der Waals surface area contributed by atoms with Crippen molar-refractivity contribution in [2.24, 2.45) is 0 Å². The van der Waals surface area contributed by atoms with Gasteiger partial charge in [0.05, 0.1) is 0 Å². The molecule has 8 heteroatoms. The third-order valence-corrected chi connectivity index (χ3v) is 3.81. The van der Waals surface area contributed by atoms with E-state index in [4.69, 9.17) is 5.11 Å². The van der Waals surface area contributed by atoms with E-state index in [2.05, 4.69) is 15.6 Å². The van der Waals surface area contributed by atoms with Crippen LogP contribution in [-0.4, -0.2) is 45.6 Å². The van der Waals surface area contributed by atoms with E-state index in [1.54, 1.807) is 36.7 Å². The van der Waals surface area contributed by atoms with Gasteiger partial charge in [0, 0.05) is 25.2 Å². The Labute approximate surface area is 156 Å². The number of rotatable bonds is 9. The molecule has 4 N–H and O–H groups in total. The Morgan fingerprint density at radius 1 is 1.07 bits per heavy atom. The molecule has 27 heavy (non-hydrogen) atoms. The third kappa shape index (κ3) is 7.15. The Morgan fingerprint density at radius 3 is 2.44 bits per heavy atom. The summed E-state index contributed by atoms with van der Waals surface area (Å²) in [7, 11) is 0. The van der Waals surface area contributed by atoms with E-state index in [-0.39, 0.29) is 24.5 Å². The van der Waals surface area contributed by atoms with Gasteiger partial charge in [-0.15, -0.1) is 0 Å². The summed E-state index contributed by atoms with van der Waals surface area (Å²) in [6.07, 6.45) is 3.98. The second kappa shape index (κ2) is 9.91. The zero-order valence-electron chi connectivity index (χ0n) is 14.6. The molecule has 0 radical (unpaired) electrons. The number of amides is 2. The highest BCUT2D eigenvalue weighted by atomic mass is 16.4. The molecule has 0 aliphatic heterocycles. The molecule has 142 valence electrons. The molecule has 1 atom stereocenters. The molecule has 1 aromatic heterocycles. The number of aromatic hydroxyl groups is 1. The Balaban J connectivity index is 1.96. The lowest BCUT2D eigenvalue weighted by molar-refractivity contribution is -0.138. The Kier molecular flexibility index (Phi) is 7.30. The van der Waals surface area contributed by atoms with E-state index >= 15 is 0 Å². The minimum Gasteiger partial charge on any atom is -0.508 e. The fraction of sp³-hybridized carbons (Fsp3) is 0.263. The van der Waals surface area contributed by atoms with Crippen molar-refractivity contribution in [1.29, 1.82) is 0 Å². The molecule has 0 aliphatic carbocycles. The lowest BCUT2D eigenvalue weighted by Crippen LogP contribution is -2.49. The first-order valence-electron chi connectivity index (χ1n) is 8.39. The number of nitrogens with one attached hydrogen (secondary N) is 2. The molecular formula is C19H21N3O5. The molecular weight excluding hydrogens is 350 g/mol. The number of benzene rings is 1. The lowest BCUT2D eigenvalue weighted by atomic mass is 10.1. The van der Waals surface area contributed by atoms with Crippen LogP contribution in [0.3, 0.4) is 0 Å². The third-order valence-electron chi connectivity index (χ3n) is 3.81. The fourth-order valence-corrected chi connectivity index (χ4v) is 2.44. The summed E-state index contributed by atoms with van der Waals surface area (Å²) in [6, 6.07) is 9.10. The predicted octanol–water partition coefficient (Wildman–Crippen LogP) is 0.648. The van der Waals surface area contributed by atoms with Crippen molar-refractivity contribution in [3.05, 3.63) is 59.9 Å². The van der Waals surface area contributed by atoms with Gasteiger partial charge < -0.3 is 20.8 Å². The van der Waals surface area contributed by atoms with Gasteiger partial charge in [0.1, 0.15) is 18.3 Å². The molecule has 0 fully saturated rings. The van der Waals surface area contributed by atoms with Gasteiger partial charge in [0.15, 0.2) is 0 Å². The first-order chi connectivity index (χ1) is 12.9. The average molecular weight is 371 g/mol. The molecule has 1 aromatic carbocycles. The number of carbonyl (C=O) groups excluding carboxylic acids is 2. The normalized spacial score (nSPS) is 11.4. The van der Waals surface area contributed by atoms with Crippen molar-refractivity contribution >= 4 is 17.8 Å². The second-order valence-corrected chi connectivity index (χ2v) is 5.96. The minimum atomic E-state index is -1.16. The van der Waals surface area contributed by atoms with Crippen LogP contribution in [0.5, 0.6) is 5.75 Å². The van der Waals surface area contributed by atoms with Crippen LogP contribution in [0.1, 0.15) is 17.5 Å². The number of aliphatic carboxylic acids is 1. The van der Waals surface area contributed by atoms with Gasteiger partial charge in [-0.2, -0.15) is 0 Å². The summed E-state index contributed by atoms with van der Waals surface area (Å²) in [5.74, 6) is -1.92. The molecule has 2 rings (SSSR count). The number of hydrogen-bond acceptors (Lipinski definition) is 5. The summed E-state index contributed by atoms with van der Waals surface area (Å²) in [4.78, 5) is 39.2. The van der Waals surface area contributed by atoms with Crippen molar-refractivity contribution < 1.29 is 24.6 Å². The smallest absolute Gasteiger partial charge is 0.322 e. The van der Waals surface area contributed by atoms with E-state index < -0.39 is 24.5 Å². The summed E-state index contributed by atoms with van der Waals surface area (Å²) >= 11 is 0. The van der Waals surface area contributed by atoms with Crippen LogP contribution < -0.4 is 10.6 Å². The van der Waals surface area contributed by atoms with E-state index in [0.29, 0.717) is 6.42 Å². The molecule has 0 bridgehead atoms. The highest BCUT2D eigenvalue weighted by Gasteiger charge is 2.21. The molecule has 2 amide bonds. The number of aryl methyl sites for hydroxylation is 1. The summed E-state index contributed by atoms with van der Waals surface area (Å²) in [5.41, 5.74) is 1.62. The minimum absolute atomic E-state index is 0.148. The zero-order valence-corrected chi connectivity index (χ0v) is 14.6. The standard InChI is InChI=1S/C19H21N3O5/c23-15-6-3-13(4-7-15)5-8-17(24)22-16(19(27)21-12-18(25)26)10-14-2-1-9-20-11-14/h1-4,6-7,9,11,16,23H,5,8,10,12H2,(H,21,27)(H,22,24)(H,25,26). The number of phenolic OH excluding ortho intramolecular Hbond substituents is 1. The van der Waals surface area contributed by atoms with Gasteiger partial charge in [-0.05, 0) is 35.7 Å². The summed E-state index contributed by atoms with van der Waals surface area (Å²) in [6.45, 7) is -0.522. The maximum absolute atomic E-state index is 12.3. The molecule has 0 spiro atoms. The van der Waals surface area contributed by atoms with Crippen molar-refractivity contribution in [2.75, 3.05) is 6.54 Å². The number of pyridine rings is 1. The summed E-state index contributed by atoms with van der Waals surface area (Å²) in [5, 5.41) is 22.9. The maximum atomic E-state index is 12.3. The second-order valence-electron chi connectivity index (χ2n) is 5.96. The van der Waals surface area contributed by atoms with Gasteiger partial charge in [-0.1, -0.05) is 18.2 Å². The number of hydrogen-bond donors (Lipinski definition) is 4. The van der Waals surface area contributed by atoms with Crippen molar-refractivity contribution in [2.45, 2.75) is 25.3 Å². The zero-order chi connectivity index (χ0) is 19.6. The SMILES string of the molecule is O=C(O)CNC(=O)C(Cc1cccnc1)NC(=O)CCc1ccc(O)cc1. The van der Waals surface area contributed by atoms with E-state index in [0.717, 1.165) is 11.1 Å². The molecule has 0 saturated heterocycles. The van der Waals surface area contributed by atoms with Crippen LogP contribution >= 0.6 is 0 Å². The van der Waals surface area contributed by atoms with Gasteiger partial charge >= 0.3 is 5.97 Å². The summed E-state index contributed by atoms with van der Waals surface area (Å²) < 4.78 is 0. The van der Waals surface area contributed by atoms with Gasteiger partial charge in [-0.25, -0.2) is 0 Å². The predicted molar refractivity (Wildman–Crippen MR) is 96.9 cm³/mol. The highest BCUT2D eigenvalue weighted by molar-refractivity contribution is 5.89. The topological polar surface area (TPSA) is 129 Å². The number of carbonyl (C=O) groups is 3. The van der Waals surface area contributed by atoms with Crippen LogP contribution in [0.15, 0.2) is 48.8 Å². The quantitative estimate of drug-likeness (QED) is 0.512. The van der Waals surface area contributed by atoms with Crippen molar-refractivity contribution in [3.63, 3.8) is 0 Å². The molecule has 1 heterocycles. The van der Waals surface area contributed by atoms with Crippen LogP contribution in [0.4, 0.5) is 0 Å². The number of nitrogens with zero attached hydrogens (tertiary/aromatic N) is 1. The fourth-order valence-electron chi connectivity index (χ4n) is 2.44. The van der Waals surface area contributed by atoms with E-state index in [1.807, 2.05) is 0 Å². The van der Waals surface area contributed by atoms with Crippen molar-refractivity contribution in [3.8, 4) is 5.75 Å². The van der Waals surface area contributed by atoms with Gasteiger partial charge in [0.25, 0.3) is 0 Å². The average Bonchev–Trinajstić information content (AvgIpc) is 2.66. The largest absolute Gasteiger partial charge is 0.508 e. The number of phenols is 1. The molecule has 2 aromatic rings. The molecule has 0 aliphatic rings. The van der Waals surface area contributed by atoms with E-state index in [9.17, 15) is 19.5 Å². The highest BCUT2D eigenvalue weighted by Crippen LogP contribution is 2.11.